The van der Waals surface area contributed by atoms with Crippen LogP contribution < -0.4 is 10.5 Å². The maximum atomic E-state index is 6.15. The zero-order valence-electron chi connectivity index (χ0n) is 12.6. The number of nitrogen functional groups attached to an aromatic ring is 1. The highest BCUT2D eigenvalue weighted by Gasteiger charge is 2.10. The highest BCUT2D eigenvalue weighted by molar-refractivity contribution is 5.79. The Labute approximate surface area is 131 Å². The summed E-state index contributed by atoms with van der Waals surface area (Å²) in [6.07, 6.45) is 0.849. The van der Waals surface area contributed by atoms with E-state index in [2.05, 4.69) is 42.5 Å². The molecule has 2 heteroatoms. The Hall–Kier alpha value is -2.74. The first-order valence-corrected chi connectivity index (χ1v) is 7.33. The van der Waals surface area contributed by atoms with Crippen molar-refractivity contribution < 1.29 is 4.74 Å². The number of methoxy groups -OCH3 is 1. The highest BCUT2D eigenvalue weighted by Crippen LogP contribution is 2.32. The Balaban J connectivity index is 2.08. The molecule has 0 aliphatic heterocycles. The van der Waals surface area contributed by atoms with Crippen LogP contribution in [0, 0.1) is 0 Å². The normalized spacial score (nSPS) is 10.4. The molecule has 0 saturated carbocycles. The van der Waals surface area contributed by atoms with Crippen molar-refractivity contribution in [1.29, 1.82) is 0 Å². The predicted molar refractivity (Wildman–Crippen MR) is 92.1 cm³/mol. The summed E-state index contributed by atoms with van der Waals surface area (Å²) in [6, 6.07) is 24.6. The third-order valence-electron chi connectivity index (χ3n) is 3.80. The van der Waals surface area contributed by atoms with Crippen LogP contribution in [0.25, 0.3) is 11.1 Å². The monoisotopic (exact) mass is 289 g/mol. The van der Waals surface area contributed by atoms with E-state index >= 15 is 0 Å². The molecule has 0 spiro atoms. The highest BCUT2D eigenvalue weighted by atomic mass is 16.5. The van der Waals surface area contributed by atoms with Gasteiger partial charge in [0.1, 0.15) is 5.75 Å². The summed E-state index contributed by atoms with van der Waals surface area (Å²) in [7, 11) is 1.69. The first-order valence-electron chi connectivity index (χ1n) is 7.33. The number of hydrogen-bond acceptors (Lipinski definition) is 2. The van der Waals surface area contributed by atoms with E-state index in [0.29, 0.717) is 0 Å². The van der Waals surface area contributed by atoms with Crippen LogP contribution in [0.2, 0.25) is 0 Å². The van der Waals surface area contributed by atoms with Crippen molar-refractivity contribution in [3.8, 4) is 16.9 Å². The second-order valence-electron chi connectivity index (χ2n) is 5.27. The summed E-state index contributed by atoms with van der Waals surface area (Å²) in [5, 5.41) is 0. The molecule has 3 aromatic carbocycles. The molecule has 0 atom stereocenters. The van der Waals surface area contributed by atoms with Crippen LogP contribution in [0.15, 0.2) is 72.8 Å². The average molecular weight is 289 g/mol. The van der Waals surface area contributed by atoms with Crippen molar-refractivity contribution in [3.05, 3.63) is 83.9 Å². The molecule has 3 rings (SSSR count). The summed E-state index contributed by atoms with van der Waals surface area (Å²) in [4.78, 5) is 0. The molecule has 0 aliphatic carbocycles. The molecule has 0 heterocycles. The number of anilines is 1. The van der Waals surface area contributed by atoms with Gasteiger partial charge in [-0.1, -0.05) is 54.6 Å². The topological polar surface area (TPSA) is 35.2 Å². The molecule has 0 fully saturated rings. The third-order valence-corrected chi connectivity index (χ3v) is 3.80. The molecule has 2 nitrogen and oxygen atoms in total. The minimum Gasteiger partial charge on any atom is -0.497 e. The summed E-state index contributed by atoms with van der Waals surface area (Å²) < 4.78 is 5.38. The summed E-state index contributed by atoms with van der Waals surface area (Å²) in [5.74, 6) is 0.865. The molecule has 22 heavy (non-hydrogen) atoms. The second-order valence-corrected chi connectivity index (χ2v) is 5.27. The quantitative estimate of drug-likeness (QED) is 0.716. The van der Waals surface area contributed by atoms with E-state index < -0.39 is 0 Å². The van der Waals surface area contributed by atoms with Gasteiger partial charge in [-0.2, -0.15) is 0 Å². The smallest absolute Gasteiger partial charge is 0.119 e. The van der Waals surface area contributed by atoms with E-state index in [1.54, 1.807) is 7.11 Å². The molecule has 0 amide bonds. The number of hydrogen-bond donors (Lipinski definition) is 1. The van der Waals surface area contributed by atoms with Crippen LogP contribution in [0.1, 0.15) is 11.1 Å². The largest absolute Gasteiger partial charge is 0.497 e. The van der Waals surface area contributed by atoms with Gasteiger partial charge in [-0.25, -0.2) is 0 Å². The lowest BCUT2D eigenvalue weighted by Crippen LogP contribution is -1.96. The molecule has 0 saturated heterocycles. The Kier molecular flexibility index (Phi) is 4.10. The van der Waals surface area contributed by atoms with E-state index in [1.807, 2.05) is 30.3 Å². The Bertz CT molecular complexity index is 766. The van der Waals surface area contributed by atoms with E-state index in [-0.39, 0.29) is 0 Å². The van der Waals surface area contributed by atoms with Crippen LogP contribution in [0.3, 0.4) is 0 Å². The summed E-state index contributed by atoms with van der Waals surface area (Å²) in [6.45, 7) is 0. The van der Waals surface area contributed by atoms with Gasteiger partial charge in [0.15, 0.2) is 0 Å². The van der Waals surface area contributed by atoms with Crippen LogP contribution in [-0.4, -0.2) is 7.11 Å². The van der Waals surface area contributed by atoms with Crippen LogP contribution in [0.4, 0.5) is 5.69 Å². The van der Waals surface area contributed by atoms with Crippen molar-refractivity contribution in [3.63, 3.8) is 0 Å². The Morgan fingerprint density at radius 1 is 0.818 bits per heavy atom. The van der Waals surface area contributed by atoms with Crippen molar-refractivity contribution in [2.24, 2.45) is 0 Å². The third kappa shape index (κ3) is 2.96. The average Bonchev–Trinajstić information content (AvgIpc) is 2.56. The van der Waals surface area contributed by atoms with Gasteiger partial charge >= 0.3 is 0 Å². The van der Waals surface area contributed by atoms with Gasteiger partial charge in [-0.3, -0.25) is 0 Å². The van der Waals surface area contributed by atoms with Crippen molar-refractivity contribution in [2.45, 2.75) is 6.42 Å². The van der Waals surface area contributed by atoms with Gasteiger partial charge in [-0.15, -0.1) is 0 Å². The lowest BCUT2D eigenvalue weighted by atomic mass is 9.94. The minimum atomic E-state index is 0.793. The molecule has 0 radical (unpaired) electrons. The minimum absolute atomic E-state index is 0.793. The molecule has 0 bridgehead atoms. The SMILES string of the molecule is COc1ccc(-c2ccccc2N)c(Cc2ccccc2)c1. The van der Waals surface area contributed by atoms with Crippen molar-refractivity contribution in [1.82, 2.24) is 0 Å². The molecular weight excluding hydrogens is 270 g/mol. The maximum absolute atomic E-state index is 6.15. The van der Waals surface area contributed by atoms with Gasteiger partial charge in [0.05, 0.1) is 7.11 Å². The second kappa shape index (κ2) is 6.35. The van der Waals surface area contributed by atoms with E-state index in [0.717, 1.165) is 29.0 Å². The fraction of sp³-hybridized carbons (Fsp3) is 0.100. The van der Waals surface area contributed by atoms with E-state index in [9.17, 15) is 0 Å². The van der Waals surface area contributed by atoms with Crippen LogP contribution in [-0.2, 0) is 6.42 Å². The van der Waals surface area contributed by atoms with Crippen LogP contribution >= 0.6 is 0 Å². The number of benzene rings is 3. The lowest BCUT2D eigenvalue weighted by molar-refractivity contribution is 0.414. The molecular formula is C20H19NO. The fourth-order valence-electron chi connectivity index (χ4n) is 2.66. The van der Waals surface area contributed by atoms with Gasteiger partial charge < -0.3 is 10.5 Å². The Morgan fingerprint density at radius 2 is 1.55 bits per heavy atom. The maximum Gasteiger partial charge on any atom is 0.119 e. The molecule has 110 valence electrons. The Morgan fingerprint density at radius 3 is 2.27 bits per heavy atom. The molecule has 3 aromatic rings. The first-order chi connectivity index (χ1) is 10.8. The summed E-state index contributed by atoms with van der Waals surface area (Å²) in [5.41, 5.74) is 11.7. The molecule has 0 aromatic heterocycles. The number of rotatable bonds is 4. The van der Waals surface area contributed by atoms with Gasteiger partial charge in [0, 0.05) is 11.3 Å². The van der Waals surface area contributed by atoms with E-state index in [1.165, 1.54) is 11.1 Å². The van der Waals surface area contributed by atoms with Crippen LogP contribution in [0.5, 0.6) is 5.75 Å². The number of ether oxygens (including phenoxy) is 1. The standard InChI is InChI=1S/C20H19NO/c1-22-17-11-12-18(19-9-5-6-10-20(19)21)16(14-17)13-15-7-3-2-4-8-15/h2-12,14H,13,21H2,1H3. The summed E-state index contributed by atoms with van der Waals surface area (Å²) >= 11 is 0. The van der Waals surface area contributed by atoms with Gasteiger partial charge in [0.25, 0.3) is 0 Å². The fourth-order valence-corrected chi connectivity index (χ4v) is 2.66. The van der Waals surface area contributed by atoms with Gasteiger partial charge in [-0.05, 0) is 41.3 Å². The zero-order chi connectivity index (χ0) is 15.4. The molecule has 2 N–H and O–H groups in total. The number of nitrogens with two attached hydrogens (primary N) is 1. The van der Waals surface area contributed by atoms with Gasteiger partial charge in [0.2, 0.25) is 0 Å². The number of para-hydroxylation sites is 1. The molecule has 0 unspecified atom stereocenters. The molecule has 0 aliphatic rings. The lowest BCUT2D eigenvalue weighted by Gasteiger charge is -2.14. The zero-order valence-corrected chi connectivity index (χ0v) is 12.6. The van der Waals surface area contributed by atoms with Crippen molar-refractivity contribution in [2.75, 3.05) is 12.8 Å². The van der Waals surface area contributed by atoms with E-state index in [4.69, 9.17) is 10.5 Å². The first kappa shape index (κ1) is 14.2. The predicted octanol–water partition coefficient (Wildman–Crippen LogP) is 4.54. The van der Waals surface area contributed by atoms with Crippen molar-refractivity contribution >= 4 is 5.69 Å².